The molecule has 0 unspecified atom stereocenters. The van der Waals surface area contributed by atoms with Crippen LogP contribution in [0.15, 0.2) is 0 Å². The second-order valence-electron chi connectivity index (χ2n) is 8.08. The molecule has 1 aliphatic carbocycles. The first-order valence-corrected chi connectivity index (χ1v) is 12.0. The van der Waals surface area contributed by atoms with E-state index in [-0.39, 0.29) is 5.91 Å². The first kappa shape index (κ1) is 19.8. The molecule has 4 rings (SSSR count). The minimum absolute atomic E-state index is 0.105. The van der Waals surface area contributed by atoms with Crippen molar-refractivity contribution in [1.82, 2.24) is 23.7 Å². The predicted molar refractivity (Wildman–Crippen MR) is 106 cm³/mol. The molecule has 0 bridgehead atoms. The Labute approximate surface area is 167 Å². The number of amides is 1. The minimum Gasteiger partial charge on any atom is -0.341 e. The molecule has 9 heteroatoms. The van der Waals surface area contributed by atoms with Crippen molar-refractivity contribution in [2.45, 2.75) is 57.8 Å². The van der Waals surface area contributed by atoms with E-state index in [9.17, 15) is 13.2 Å². The van der Waals surface area contributed by atoms with E-state index < -0.39 is 10.2 Å². The lowest BCUT2D eigenvalue weighted by molar-refractivity contribution is -0.131. The maximum Gasteiger partial charge on any atom is 0.282 e. The molecule has 156 valence electrons. The number of nitrogens with zero attached hydrogens (tertiary/aromatic N) is 4. The highest BCUT2D eigenvalue weighted by atomic mass is 32.2. The molecule has 8 nitrogen and oxygen atoms in total. The zero-order valence-electron chi connectivity index (χ0n) is 16.5. The van der Waals surface area contributed by atoms with E-state index in [2.05, 4.69) is 10.2 Å². The second-order valence-corrected chi connectivity index (χ2v) is 10.0. The largest absolute Gasteiger partial charge is 0.341 e. The maximum atomic E-state index is 12.8. The summed E-state index contributed by atoms with van der Waals surface area (Å²) in [5.74, 6) is 0.105. The topological polar surface area (TPSA) is 89.6 Å². The molecule has 1 aromatic heterocycles. The molecule has 1 aromatic rings. The van der Waals surface area contributed by atoms with Gasteiger partial charge in [-0.2, -0.15) is 22.1 Å². The fraction of sp³-hybridized carbons (Fsp3) is 0.789. The van der Waals surface area contributed by atoms with Crippen molar-refractivity contribution in [3.8, 4) is 0 Å². The number of fused-ring (bicyclic) bond motifs is 1. The van der Waals surface area contributed by atoms with Crippen LogP contribution >= 0.6 is 0 Å². The average Bonchev–Trinajstić information content (AvgIpc) is 3.31. The van der Waals surface area contributed by atoms with E-state index in [0.717, 1.165) is 31.4 Å². The number of hydrogen-bond acceptors (Lipinski definition) is 4. The van der Waals surface area contributed by atoms with E-state index in [1.165, 1.54) is 24.1 Å². The normalized spacial score (nSPS) is 22.2. The highest BCUT2D eigenvalue weighted by Gasteiger charge is 2.33. The third kappa shape index (κ3) is 4.11. The molecule has 3 aliphatic rings. The molecule has 2 aliphatic heterocycles. The van der Waals surface area contributed by atoms with Crippen LogP contribution in [0, 0.1) is 0 Å². The molecule has 0 spiro atoms. The van der Waals surface area contributed by atoms with Crippen molar-refractivity contribution in [3.05, 3.63) is 17.0 Å². The minimum atomic E-state index is -3.38. The Morgan fingerprint density at radius 3 is 2.43 bits per heavy atom. The van der Waals surface area contributed by atoms with Gasteiger partial charge >= 0.3 is 0 Å². The molecule has 0 aromatic carbocycles. The summed E-state index contributed by atoms with van der Waals surface area (Å²) in [6.07, 6.45) is 8.19. The molecular weight excluding hydrogens is 378 g/mol. The Kier molecular flexibility index (Phi) is 6.03. The van der Waals surface area contributed by atoms with Crippen LogP contribution in [-0.4, -0.2) is 77.3 Å². The van der Waals surface area contributed by atoms with E-state index in [1.54, 1.807) is 8.61 Å². The number of carbonyl (C=O) groups is 1. The summed E-state index contributed by atoms with van der Waals surface area (Å²) >= 11 is 0. The van der Waals surface area contributed by atoms with Crippen LogP contribution in [0.4, 0.5) is 0 Å². The number of aryl methyl sites for hydroxylation is 2. The lowest BCUT2D eigenvalue weighted by atomic mass is 9.94. The smallest absolute Gasteiger partial charge is 0.282 e. The van der Waals surface area contributed by atoms with Gasteiger partial charge in [-0.15, -0.1) is 0 Å². The van der Waals surface area contributed by atoms with Crippen molar-refractivity contribution in [3.63, 3.8) is 0 Å². The summed E-state index contributed by atoms with van der Waals surface area (Å²) < 4.78 is 28.7. The summed E-state index contributed by atoms with van der Waals surface area (Å²) in [6, 6.07) is 0. The van der Waals surface area contributed by atoms with E-state index >= 15 is 0 Å². The lowest BCUT2D eigenvalue weighted by Crippen LogP contribution is -2.44. The van der Waals surface area contributed by atoms with Crippen molar-refractivity contribution >= 4 is 16.1 Å². The number of aromatic amines is 1. The van der Waals surface area contributed by atoms with Gasteiger partial charge in [0.15, 0.2) is 0 Å². The summed E-state index contributed by atoms with van der Waals surface area (Å²) in [5.41, 5.74) is 3.60. The van der Waals surface area contributed by atoms with Crippen LogP contribution in [-0.2, 0) is 34.3 Å². The molecule has 0 atom stereocenters. The summed E-state index contributed by atoms with van der Waals surface area (Å²) in [7, 11) is -3.38. The molecule has 2 saturated heterocycles. The number of aromatic nitrogens is 2. The lowest BCUT2D eigenvalue weighted by Gasteiger charge is -2.26. The van der Waals surface area contributed by atoms with Crippen molar-refractivity contribution < 1.29 is 13.2 Å². The summed E-state index contributed by atoms with van der Waals surface area (Å²) in [6.45, 7) is 3.23. The van der Waals surface area contributed by atoms with Gasteiger partial charge in [0.05, 0.1) is 5.69 Å². The molecule has 28 heavy (non-hydrogen) atoms. The zero-order valence-corrected chi connectivity index (χ0v) is 17.3. The van der Waals surface area contributed by atoms with Crippen LogP contribution in [0.2, 0.25) is 0 Å². The van der Waals surface area contributed by atoms with E-state index in [4.69, 9.17) is 0 Å². The summed E-state index contributed by atoms with van der Waals surface area (Å²) in [5, 5.41) is 7.57. The van der Waals surface area contributed by atoms with Crippen LogP contribution in [0.25, 0.3) is 0 Å². The van der Waals surface area contributed by atoms with E-state index in [1.807, 2.05) is 4.90 Å². The molecule has 0 saturated carbocycles. The standard InChI is InChI=1S/C19H31N5O3S/c25-19(9-8-18-16-6-1-2-7-17(16)20-21-18)22-10-5-13-24(15-14-22)28(26,27)23-11-3-4-12-23/h1-15H2,(H,20,21). The van der Waals surface area contributed by atoms with Crippen molar-refractivity contribution in [2.75, 3.05) is 39.3 Å². The summed E-state index contributed by atoms with van der Waals surface area (Å²) in [4.78, 5) is 14.6. The van der Waals surface area contributed by atoms with Crippen LogP contribution < -0.4 is 0 Å². The van der Waals surface area contributed by atoms with Crippen molar-refractivity contribution in [2.24, 2.45) is 0 Å². The molecule has 3 heterocycles. The third-order valence-electron chi connectivity index (χ3n) is 6.24. The van der Waals surface area contributed by atoms with Crippen LogP contribution in [0.3, 0.4) is 0 Å². The van der Waals surface area contributed by atoms with Gasteiger partial charge < -0.3 is 4.90 Å². The number of hydrogen-bond donors (Lipinski definition) is 1. The number of carbonyl (C=O) groups excluding carboxylic acids is 1. The Bertz CT molecular complexity index is 800. The van der Waals surface area contributed by atoms with Crippen LogP contribution in [0.1, 0.15) is 55.5 Å². The Morgan fingerprint density at radius 2 is 1.61 bits per heavy atom. The van der Waals surface area contributed by atoms with Gasteiger partial charge in [-0.05, 0) is 50.5 Å². The Balaban J connectivity index is 1.31. The highest BCUT2D eigenvalue weighted by molar-refractivity contribution is 7.86. The van der Waals surface area contributed by atoms with Gasteiger partial charge in [0.1, 0.15) is 0 Å². The Morgan fingerprint density at radius 1 is 0.893 bits per heavy atom. The Hall–Kier alpha value is -1.45. The molecule has 1 N–H and O–H groups in total. The number of H-pyrrole nitrogens is 1. The van der Waals surface area contributed by atoms with Gasteiger partial charge in [0.2, 0.25) is 5.91 Å². The first-order chi connectivity index (χ1) is 13.6. The predicted octanol–water partition coefficient (Wildman–Crippen LogP) is 1.10. The molecule has 1 amide bonds. The zero-order chi connectivity index (χ0) is 19.6. The third-order valence-corrected chi connectivity index (χ3v) is 8.28. The second kappa shape index (κ2) is 8.51. The van der Waals surface area contributed by atoms with E-state index in [0.29, 0.717) is 58.5 Å². The van der Waals surface area contributed by atoms with Crippen LogP contribution in [0.5, 0.6) is 0 Å². The average molecular weight is 410 g/mol. The molecule has 0 radical (unpaired) electrons. The fourth-order valence-corrected chi connectivity index (χ4v) is 6.31. The van der Waals surface area contributed by atoms with Gasteiger partial charge in [-0.3, -0.25) is 9.89 Å². The highest BCUT2D eigenvalue weighted by Crippen LogP contribution is 2.23. The number of nitrogens with one attached hydrogen (secondary N) is 1. The SMILES string of the molecule is O=C(CCc1n[nH]c2c1CCCC2)N1CCCN(S(=O)(=O)N2CCCC2)CC1. The maximum absolute atomic E-state index is 12.8. The van der Waals surface area contributed by atoms with Gasteiger partial charge in [0, 0.05) is 57.8 Å². The van der Waals surface area contributed by atoms with Gasteiger partial charge in [-0.25, -0.2) is 0 Å². The first-order valence-electron chi connectivity index (χ1n) is 10.6. The monoisotopic (exact) mass is 409 g/mol. The van der Waals surface area contributed by atoms with Gasteiger partial charge in [-0.1, -0.05) is 0 Å². The van der Waals surface area contributed by atoms with Crippen molar-refractivity contribution in [1.29, 1.82) is 0 Å². The van der Waals surface area contributed by atoms with Gasteiger partial charge in [0.25, 0.3) is 10.2 Å². The quantitative estimate of drug-likeness (QED) is 0.788. The number of rotatable bonds is 5. The molecular formula is C19H31N5O3S. The molecule has 2 fully saturated rings. The fourth-order valence-electron chi connectivity index (χ4n) is 4.60.